The lowest BCUT2D eigenvalue weighted by Crippen LogP contribution is -2.15. The van der Waals surface area contributed by atoms with Gasteiger partial charge in [-0.1, -0.05) is 23.9 Å². The van der Waals surface area contributed by atoms with E-state index in [-0.39, 0.29) is 24.7 Å². The summed E-state index contributed by atoms with van der Waals surface area (Å²) in [6.45, 7) is 6.19. The number of carbonyl (C=O) groups is 2. The Morgan fingerprint density at radius 2 is 1.84 bits per heavy atom. The molecule has 2 aromatic carbocycles. The molecule has 3 N–H and O–H groups in total. The number of nitrogens with two attached hydrogens (primary N) is 1. The van der Waals surface area contributed by atoms with E-state index in [0.29, 0.717) is 16.6 Å². The van der Waals surface area contributed by atoms with Gasteiger partial charge in [-0.05, 0) is 62.2 Å². The fraction of sp³-hybridized carbons (Fsp3) is 0.273. The zero-order valence-electron chi connectivity index (χ0n) is 17.7. The maximum atomic E-state index is 12.4. The number of aromatic nitrogens is 3. The quantitative estimate of drug-likeness (QED) is 0.495. The number of primary amides is 1. The molecule has 1 aromatic heterocycles. The van der Waals surface area contributed by atoms with E-state index >= 15 is 0 Å². The molecule has 0 atom stereocenters. The monoisotopic (exact) mass is 439 g/mol. The Bertz CT molecular complexity index is 1080. The molecule has 0 unspecified atom stereocenters. The third-order valence-corrected chi connectivity index (χ3v) is 5.42. The van der Waals surface area contributed by atoms with Crippen molar-refractivity contribution in [2.75, 3.05) is 17.7 Å². The van der Waals surface area contributed by atoms with Crippen LogP contribution in [0.2, 0.25) is 0 Å². The van der Waals surface area contributed by atoms with E-state index in [1.165, 1.54) is 11.8 Å². The predicted molar refractivity (Wildman–Crippen MR) is 121 cm³/mol. The van der Waals surface area contributed by atoms with Crippen molar-refractivity contribution in [3.63, 3.8) is 0 Å². The molecule has 3 rings (SSSR count). The lowest BCUT2D eigenvalue weighted by Gasteiger charge is -2.12. The van der Waals surface area contributed by atoms with Crippen LogP contribution in [0.5, 0.6) is 5.75 Å². The Balaban J connectivity index is 1.59. The van der Waals surface area contributed by atoms with Crippen LogP contribution in [0, 0.1) is 20.8 Å². The molecule has 0 saturated carbocycles. The highest BCUT2D eigenvalue weighted by molar-refractivity contribution is 7.99. The van der Waals surface area contributed by atoms with E-state index in [1.54, 1.807) is 24.3 Å². The topological polar surface area (TPSA) is 112 Å². The summed E-state index contributed by atoms with van der Waals surface area (Å²) in [4.78, 5) is 23.2. The van der Waals surface area contributed by atoms with E-state index < -0.39 is 5.91 Å². The molecule has 162 valence electrons. The first-order valence-corrected chi connectivity index (χ1v) is 10.8. The summed E-state index contributed by atoms with van der Waals surface area (Å²) >= 11 is 1.33. The Labute approximate surface area is 185 Å². The van der Waals surface area contributed by atoms with E-state index in [2.05, 4.69) is 33.7 Å². The van der Waals surface area contributed by atoms with Gasteiger partial charge in [0.1, 0.15) is 11.6 Å². The Kier molecular flexibility index (Phi) is 7.30. The Morgan fingerprint density at radius 1 is 1.10 bits per heavy atom. The molecule has 1 heterocycles. The molecule has 0 spiro atoms. The van der Waals surface area contributed by atoms with E-state index in [0.717, 1.165) is 22.6 Å². The zero-order chi connectivity index (χ0) is 22.4. The highest BCUT2D eigenvalue weighted by Gasteiger charge is 2.15. The molecule has 31 heavy (non-hydrogen) atoms. The number of hydrogen-bond acceptors (Lipinski definition) is 6. The van der Waals surface area contributed by atoms with Crippen molar-refractivity contribution in [1.29, 1.82) is 0 Å². The summed E-state index contributed by atoms with van der Waals surface area (Å²) in [5, 5.41) is 11.9. The van der Waals surface area contributed by atoms with Crippen LogP contribution >= 0.6 is 11.8 Å². The van der Waals surface area contributed by atoms with E-state index in [4.69, 9.17) is 10.5 Å². The van der Waals surface area contributed by atoms with Gasteiger partial charge in [0.05, 0.1) is 24.5 Å². The van der Waals surface area contributed by atoms with Crippen molar-refractivity contribution in [3.8, 4) is 11.4 Å². The molecule has 0 saturated heterocycles. The average molecular weight is 440 g/mol. The van der Waals surface area contributed by atoms with Crippen molar-refractivity contribution in [3.05, 3.63) is 59.4 Å². The highest BCUT2D eigenvalue weighted by Crippen LogP contribution is 2.25. The van der Waals surface area contributed by atoms with Crippen molar-refractivity contribution in [2.45, 2.75) is 32.3 Å². The van der Waals surface area contributed by atoms with Gasteiger partial charge in [0.15, 0.2) is 5.16 Å². The van der Waals surface area contributed by atoms with Crippen molar-refractivity contribution < 1.29 is 14.3 Å². The third-order valence-electron chi connectivity index (χ3n) is 4.49. The van der Waals surface area contributed by atoms with Crippen LogP contribution in [-0.4, -0.2) is 38.9 Å². The maximum absolute atomic E-state index is 12.4. The first kappa shape index (κ1) is 22.4. The van der Waals surface area contributed by atoms with Crippen LogP contribution in [0.4, 0.5) is 5.69 Å². The molecule has 2 amide bonds. The molecule has 9 heteroatoms. The van der Waals surface area contributed by atoms with Gasteiger partial charge in [-0.25, -0.2) is 0 Å². The van der Waals surface area contributed by atoms with Crippen LogP contribution in [0.1, 0.15) is 23.4 Å². The van der Waals surface area contributed by atoms with Gasteiger partial charge in [-0.3, -0.25) is 14.2 Å². The SMILES string of the molecule is Cc1ccc(C)c(-n2c(C)nnc2SCC(=O)Nc2ccc(OCCC(N)=O)cc2)c1. The molecule has 0 fully saturated rings. The Morgan fingerprint density at radius 3 is 2.55 bits per heavy atom. The minimum absolute atomic E-state index is 0.152. The molecule has 8 nitrogen and oxygen atoms in total. The fourth-order valence-corrected chi connectivity index (χ4v) is 3.70. The van der Waals surface area contributed by atoms with Gasteiger partial charge in [-0.15, -0.1) is 10.2 Å². The number of anilines is 1. The first-order valence-electron chi connectivity index (χ1n) is 9.77. The Hall–Kier alpha value is -3.33. The molecule has 0 aliphatic heterocycles. The fourth-order valence-electron chi connectivity index (χ4n) is 2.91. The minimum atomic E-state index is -0.412. The summed E-state index contributed by atoms with van der Waals surface area (Å²) in [5.74, 6) is 1.000. The van der Waals surface area contributed by atoms with Gasteiger partial charge in [0, 0.05) is 5.69 Å². The lowest BCUT2D eigenvalue weighted by molar-refractivity contribution is -0.118. The minimum Gasteiger partial charge on any atom is -0.493 e. The van der Waals surface area contributed by atoms with Crippen LogP contribution in [0.25, 0.3) is 5.69 Å². The number of thioether (sulfide) groups is 1. The van der Waals surface area contributed by atoms with Gasteiger partial charge < -0.3 is 15.8 Å². The number of aryl methyl sites for hydroxylation is 3. The number of benzene rings is 2. The third kappa shape index (κ3) is 6.08. The van der Waals surface area contributed by atoms with Gasteiger partial charge >= 0.3 is 0 Å². The number of hydrogen-bond donors (Lipinski definition) is 2. The number of amides is 2. The second kappa shape index (κ2) is 10.1. The van der Waals surface area contributed by atoms with Crippen LogP contribution in [0.15, 0.2) is 47.6 Å². The largest absolute Gasteiger partial charge is 0.493 e. The number of rotatable bonds is 9. The maximum Gasteiger partial charge on any atom is 0.234 e. The molecule has 0 aliphatic carbocycles. The number of nitrogens with one attached hydrogen (secondary N) is 1. The second-order valence-electron chi connectivity index (χ2n) is 7.08. The van der Waals surface area contributed by atoms with Gasteiger partial charge in [-0.2, -0.15) is 0 Å². The standard InChI is InChI=1S/C22H25N5O3S/c1-14-4-5-15(2)19(12-14)27-16(3)25-26-22(27)31-13-21(29)24-17-6-8-18(9-7-17)30-11-10-20(23)28/h4-9,12H,10-11,13H2,1-3H3,(H2,23,28)(H,24,29). The lowest BCUT2D eigenvalue weighted by atomic mass is 10.1. The van der Waals surface area contributed by atoms with Gasteiger partial charge in [0.25, 0.3) is 0 Å². The molecule has 0 radical (unpaired) electrons. The van der Waals surface area contributed by atoms with Gasteiger partial charge in [0.2, 0.25) is 11.8 Å². The average Bonchev–Trinajstić information content (AvgIpc) is 3.09. The smallest absolute Gasteiger partial charge is 0.234 e. The molecular formula is C22H25N5O3S. The van der Waals surface area contributed by atoms with Crippen molar-refractivity contribution in [1.82, 2.24) is 14.8 Å². The molecular weight excluding hydrogens is 414 g/mol. The van der Waals surface area contributed by atoms with E-state index in [9.17, 15) is 9.59 Å². The van der Waals surface area contributed by atoms with E-state index in [1.807, 2.05) is 25.3 Å². The van der Waals surface area contributed by atoms with Crippen molar-refractivity contribution in [2.24, 2.45) is 5.73 Å². The normalized spacial score (nSPS) is 10.7. The second-order valence-corrected chi connectivity index (χ2v) is 8.02. The summed E-state index contributed by atoms with van der Waals surface area (Å²) in [5.41, 5.74) is 9.00. The van der Waals surface area contributed by atoms with Crippen molar-refractivity contribution >= 4 is 29.3 Å². The predicted octanol–water partition coefficient (Wildman–Crippen LogP) is 3.18. The van der Waals surface area contributed by atoms with Crippen LogP contribution in [-0.2, 0) is 9.59 Å². The molecule has 0 aliphatic rings. The molecule has 0 bridgehead atoms. The summed E-state index contributed by atoms with van der Waals surface area (Å²) in [6, 6.07) is 13.1. The zero-order valence-corrected chi connectivity index (χ0v) is 18.5. The number of carbonyl (C=O) groups excluding carboxylic acids is 2. The highest BCUT2D eigenvalue weighted by atomic mass is 32.2. The summed E-state index contributed by atoms with van der Waals surface area (Å²) in [7, 11) is 0. The van der Waals surface area contributed by atoms with Crippen LogP contribution in [0.3, 0.4) is 0 Å². The summed E-state index contributed by atoms with van der Waals surface area (Å²) < 4.78 is 7.39. The first-order chi connectivity index (χ1) is 14.8. The molecule has 3 aromatic rings. The van der Waals surface area contributed by atoms with Crippen LogP contribution < -0.4 is 15.8 Å². The summed E-state index contributed by atoms with van der Waals surface area (Å²) in [6.07, 6.45) is 0.155. The number of ether oxygens (including phenoxy) is 1. The number of nitrogens with zero attached hydrogens (tertiary/aromatic N) is 3.